The van der Waals surface area contributed by atoms with Crippen LogP contribution in [0.3, 0.4) is 0 Å². The zero-order chi connectivity index (χ0) is 10.1. The van der Waals surface area contributed by atoms with E-state index in [4.69, 9.17) is 9.52 Å². The molecule has 1 N–H and O–H groups in total. The lowest BCUT2D eigenvalue weighted by Crippen LogP contribution is -1.83. The molecule has 0 unspecified atom stereocenters. The van der Waals surface area contributed by atoms with Crippen LogP contribution in [0.1, 0.15) is 11.3 Å². The zero-order valence-corrected chi connectivity index (χ0v) is 11.0. The van der Waals surface area contributed by atoms with E-state index in [1.54, 1.807) is 0 Å². The summed E-state index contributed by atoms with van der Waals surface area (Å²) in [5, 5.41) is 10.8. The number of fused-ring (bicyclic) bond motifs is 1. The third-order valence-corrected chi connectivity index (χ3v) is 3.35. The highest BCUT2D eigenvalue weighted by Gasteiger charge is 2.07. The van der Waals surface area contributed by atoms with E-state index in [0.29, 0.717) is 5.33 Å². The Kier molecular flexibility index (Phi) is 3.14. The summed E-state index contributed by atoms with van der Waals surface area (Å²) >= 11 is 5.57. The number of furan rings is 1. The molecule has 1 aromatic heterocycles. The summed E-state index contributed by atoms with van der Waals surface area (Å²) in [6.45, 7) is 0.0702. The third-order valence-electron chi connectivity index (χ3n) is 2.00. The van der Waals surface area contributed by atoms with E-state index < -0.39 is 0 Å². The fourth-order valence-electron chi connectivity index (χ4n) is 1.38. The summed E-state index contributed by atoms with van der Waals surface area (Å²) in [7, 11) is 0. The molecule has 0 spiro atoms. The number of hydrogen-bond donors (Lipinski definition) is 1. The van der Waals surface area contributed by atoms with Gasteiger partial charge in [-0.05, 0) is 46.4 Å². The quantitative estimate of drug-likeness (QED) is 0.652. The number of aliphatic hydroxyl groups is 1. The summed E-state index contributed by atoms with van der Waals surface area (Å²) in [4.78, 5) is 0. The van der Waals surface area contributed by atoms with E-state index in [1.807, 2.05) is 18.2 Å². The number of rotatable bonds is 2. The van der Waals surface area contributed by atoms with Crippen LogP contribution in [0.2, 0.25) is 0 Å². The summed E-state index contributed by atoms with van der Waals surface area (Å²) in [5.41, 5.74) is 1.82. The maximum Gasteiger partial charge on any atom is 0.147 e. The maximum absolute atomic E-state index is 9.04. The number of alkyl halides is 1. The van der Waals surface area contributed by atoms with Crippen molar-refractivity contribution in [1.82, 2.24) is 0 Å². The molecule has 2 rings (SSSR count). The van der Waals surface area contributed by atoms with Crippen LogP contribution in [0.15, 0.2) is 22.6 Å². The summed E-state index contributed by atoms with van der Waals surface area (Å²) < 4.78 is 6.65. The molecule has 0 bridgehead atoms. The van der Waals surface area contributed by atoms with Gasteiger partial charge in [-0.2, -0.15) is 0 Å². The van der Waals surface area contributed by atoms with Crippen molar-refractivity contribution in [3.05, 3.63) is 33.1 Å². The first-order valence-electron chi connectivity index (χ1n) is 4.12. The molecule has 0 aliphatic rings. The highest BCUT2D eigenvalue weighted by atomic mass is 127. The van der Waals surface area contributed by atoms with Gasteiger partial charge in [0.1, 0.15) is 11.3 Å². The SMILES string of the molecule is OCc1cc(I)c2oc(CBr)cc2c1. The molecular weight excluding hydrogens is 359 g/mol. The van der Waals surface area contributed by atoms with E-state index in [1.165, 1.54) is 0 Å². The van der Waals surface area contributed by atoms with Crippen LogP contribution in [0.4, 0.5) is 0 Å². The normalized spacial score (nSPS) is 11.1. The molecule has 0 amide bonds. The van der Waals surface area contributed by atoms with Crippen molar-refractivity contribution < 1.29 is 9.52 Å². The predicted octanol–water partition coefficient (Wildman–Crippen LogP) is 3.42. The van der Waals surface area contributed by atoms with E-state index in [0.717, 1.165) is 25.9 Å². The molecule has 1 heterocycles. The van der Waals surface area contributed by atoms with E-state index in [9.17, 15) is 0 Å². The van der Waals surface area contributed by atoms with E-state index in [-0.39, 0.29) is 6.61 Å². The second-order valence-electron chi connectivity index (χ2n) is 3.00. The van der Waals surface area contributed by atoms with Crippen molar-refractivity contribution in [2.24, 2.45) is 0 Å². The van der Waals surface area contributed by atoms with E-state index >= 15 is 0 Å². The summed E-state index contributed by atoms with van der Waals surface area (Å²) in [5.74, 6) is 0.910. The lowest BCUT2D eigenvalue weighted by atomic mass is 10.2. The molecule has 74 valence electrons. The van der Waals surface area contributed by atoms with Gasteiger partial charge in [0.05, 0.1) is 15.5 Å². The van der Waals surface area contributed by atoms with Gasteiger partial charge in [-0.15, -0.1) is 0 Å². The Hall–Kier alpha value is -0.0700. The molecule has 2 nitrogen and oxygen atoms in total. The first kappa shape index (κ1) is 10.4. The van der Waals surface area contributed by atoms with Crippen LogP contribution < -0.4 is 0 Å². The van der Waals surface area contributed by atoms with E-state index in [2.05, 4.69) is 38.5 Å². The van der Waals surface area contributed by atoms with Gasteiger partial charge in [-0.1, -0.05) is 15.9 Å². The molecule has 1 aromatic carbocycles. The van der Waals surface area contributed by atoms with Crippen molar-refractivity contribution in [1.29, 1.82) is 0 Å². The van der Waals surface area contributed by atoms with Gasteiger partial charge >= 0.3 is 0 Å². The average molecular weight is 367 g/mol. The maximum atomic E-state index is 9.04. The van der Waals surface area contributed by atoms with Crippen LogP contribution >= 0.6 is 38.5 Å². The Balaban J connectivity index is 2.67. The molecular formula is C10H8BrIO2. The first-order valence-corrected chi connectivity index (χ1v) is 6.32. The standard InChI is InChI=1S/C10H8BrIO2/c11-4-8-3-7-1-6(5-13)2-9(12)10(7)14-8/h1-3,13H,4-5H2. The number of aliphatic hydroxyl groups excluding tert-OH is 1. The largest absolute Gasteiger partial charge is 0.459 e. The Morgan fingerprint density at radius 2 is 2.14 bits per heavy atom. The van der Waals surface area contributed by atoms with Crippen molar-refractivity contribution in [3.8, 4) is 0 Å². The number of benzene rings is 1. The van der Waals surface area contributed by atoms with Crippen molar-refractivity contribution in [2.75, 3.05) is 0 Å². The Morgan fingerprint density at radius 3 is 2.79 bits per heavy atom. The van der Waals surface area contributed by atoms with Crippen LogP contribution in [0.25, 0.3) is 11.0 Å². The highest BCUT2D eigenvalue weighted by molar-refractivity contribution is 14.1. The molecule has 0 aliphatic carbocycles. The van der Waals surface area contributed by atoms with Gasteiger partial charge in [0, 0.05) is 5.39 Å². The van der Waals surface area contributed by atoms with Crippen LogP contribution in [-0.4, -0.2) is 5.11 Å². The fourth-order valence-corrected chi connectivity index (χ4v) is 2.48. The summed E-state index contributed by atoms with van der Waals surface area (Å²) in [6.07, 6.45) is 0. The number of halogens is 2. The lowest BCUT2D eigenvalue weighted by molar-refractivity contribution is 0.282. The molecule has 0 atom stereocenters. The molecule has 0 aliphatic heterocycles. The first-order chi connectivity index (χ1) is 6.74. The topological polar surface area (TPSA) is 33.4 Å². The van der Waals surface area contributed by atoms with Gasteiger partial charge in [0.2, 0.25) is 0 Å². The van der Waals surface area contributed by atoms with Crippen molar-refractivity contribution in [3.63, 3.8) is 0 Å². The molecule has 0 radical (unpaired) electrons. The van der Waals surface area contributed by atoms with Crippen molar-refractivity contribution in [2.45, 2.75) is 11.9 Å². The average Bonchev–Trinajstić information content (AvgIpc) is 2.61. The molecule has 0 saturated heterocycles. The molecule has 2 aromatic rings. The molecule has 0 saturated carbocycles. The predicted molar refractivity (Wildman–Crippen MR) is 67.5 cm³/mol. The third kappa shape index (κ3) is 1.83. The second kappa shape index (κ2) is 4.20. The van der Waals surface area contributed by atoms with Crippen LogP contribution in [-0.2, 0) is 11.9 Å². The van der Waals surface area contributed by atoms with Crippen LogP contribution in [0.5, 0.6) is 0 Å². The van der Waals surface area contributed by atoms with Gasteiger partial charge < -0.3 is 9.52 Å². The van der Waals surface area contributed by atoms with Gasteiger partial charge in [-0.25, -0.2) is 0 Å². The molecule has 4 heteroatoms. The van der Waals surface area contributed by atoms with Crippen molar-refractivity contribution >= 4 is 49.5 Å². The Bertz CT molecular complexity index is 464. The number of hydrogen-bond acceptors (Lipinski definition) is 2. The lowest BCUT2D eigenvalue weighted by Gasteiger charge is -1.97. The smallest absolute Gasteiger partial charge is 0.147 e. The van der Waals surface area contributed by atoms with Crippen LogP contribution in [0, 0.1) is 3.57 Å². The second-order valence-corrected chi connectivity index (χ2v) is 4.72. The Labute approximate surface area is 104 Å². The summed E-state index contributed by atoms with van der Waals surface area (Å²) in [6, 6.07) is 5.88. The monoisotopic (exact) mass is 366 g/mol. The fraction of sp³-hybridized carbons (Fsp3) is 0.200. The molecule has 0 fully saturated rings. The zero-order valence-electron chi connectivity index (χ0n) is 7.26. The van der Waals surface area contributed by atoms with Gasteiger partial charge in [0.25, 0.3) is 0 Å². The highest BCUT2D eigenvalue weighted by Crippen LogP contribution is 2.27. The minimum Gasteiger partial charge on any atom is -0.459 e. The minimum atomic E-state index is 0.0702. The minimum absolute atomic E-state index is 0.0702. The van der Waals surface area contributed by atoms with Gasteiger partial charge in [-0.3, -0.25) is 0 Å². The Morgan fingerprint density at radius 1 is 1.36 bits per heavy atom. The molecule has 14 heavy (non-hydrogen) atoms. The van der Waals surface area contributed by atoms with Gasteiger partial charge in [0.15, 0.2) is 0 Å².